The van der Waals surface area contributed by atoms with Crippen molar-refractivity contribution in [3.8, 4) is 11.4 Å². The quantitative estimate of drug-likeness (QED) is 0.0608. The molecule has 3 aromatic carbocycles. The molecule has 0 radical (unpaired) electrons. The third-order valence-electron chi connectivity index (χ3n) is 7.05. The molecule has 0 bridgehead atoms. The second kappa shape index (κ2) is 19.7. The van der Waals surface area contributed by atoms with Gasteiger partial charge in [-0.2, -0.15) is 0 Å². The Kier molecular flexibility index (Phi) is 14.9. The number of halogens is 1. The molecule has 2 aromatic heterocycles. The SMILES string of the molecule is COC(=O)C1=CC=CC1.COC(=O)c1cccn1-c1ccc(N)cc1.COC(=O)c1cccn1-c1ccc([N+](=O)[O-])cc1.O=[N+]([O-])c1ccc(F)cc1. The van der Waals surface area contributed by atoms with Crippen molar-refractivity contribution in [1.82, 2.24) is 9.13 Å². The number of nitrogen functional groups attached to an aromatic ring is 1. The van der Waals surface area contributed by atoms with Gasteiger partial charge in [-0.25, -0.2) is 18.8 Å². The number of allylic oxidation sites excluding steroid dienone is 3. The molecule has 5 aromatic rings. The van der Waals surface area contributed by atoms with E-state index in [2.05, 4.69) is 9.47 Å². The molecule has 0 spiro atoms. The van der Waals surface area contributed by atoms with Crippen molar-refractivity contribution >= 4 is 35.0 Å². The molecule has 0 saturated heterocycles. The zero-order valence-corrected chi connectivity index (χ0v) is 28.7. The molecule has 0 unspecified atom stereocenters. The topological polar surface area (TPSA) is 201 Å². The molecule has 1 aliphatic rings. The average molecular weight is 728 g/mol. The molecule has 274 valence electrons. The summed E-state index contributed by atoms with van der Waals surface area (Å²) in [5, 5.41) is 20.5. The van der Waals surface area contributed by atoms with Crippen LogP contribution in [0.25, 0.3) is 11.4 Å². The monoisotopic (exact) mass is 727 g/mol. The van der Waals surface area contributed by atoms with Crippen LogP contribution < -0.4 is 5.73 Å². The second-order valence-electron chi connectivity index (χ2n) is 10.4. The van der Waals surface area contributed by atoms with E-state index in [-0.39, 0.29) is 23.3 Å². The first-order chi connectivity index (χ1) is 25.4. The van der Waals surface area contributed by atoms with E-state index in [0.29, 0.717) is 29.2 Å². The minimum absolute atomic E-state index is 0.00511. The van der Waals surface area contributed by atoms with Crippen LogP contribution in [-0.2, 0) is 19.0 Å². The van der Waals surface area contributed by atoms with Gasteiger partial charge in [0.2, 0.25) is 0 Å². The highest BCUT2D eigenvalue weighted by Crippen LogP contribution is 2.18. The van der Waals surface area contributed by atoms with Crippen molar-refractivity contribution in [2.45, 2.75) is 6.42 Å². The van der Waals surface area contributed by atoms with Crippen molar-refractivity contribution in [2.75, 3.05) is 27.1 Å². The zero-order chi connectivity index (χ0) is 38.9. The van der Waals surface area contributed by atoms with Crippen LogP contribution in [0, 0.1) is 26.0 Å². The summed E-state index contributed by atoms with van der Waals surface area (Å²) in [6, 6.07) is 24.4. The predicted molar refractivity (Wildman–Crippen MR) is 192 cm³/mol. The Morgan fingerprint density at radius 2 is 1.08 bits per heavy atom. The van der Waals surface area contributed by atoms with Crippen LogP contribution in [0.15, 0.2) is 133 Å². The van der Waals surface area contributed by atoms with E-state index < -0.39 is 21.6 Å². The summed E-state index contributed by atoms with van der Waals surface area (Å²) in [5.74, 6) is -1.51. The van der Waals surface area contributed by atoms with Gasteiger partial charge in [0.1, 0.15) is 17.2 Å². The number of nitro groups is 2. The lowest BCUT2D eigenvalue weighted by Gasteiger charge is -2.07. The lowest BCUT2D eigenvalue weighted by molar-refractivity contribution is -0.385. The van der Waals surface area contributed by atoms with Crippen LogP contribution in [0.1, 0.15) is 27.4 Å². The first kappa shape index (κ1) is 40.1. The summed E-state index contributed by atoms with van der Waals surface area (Å²) in [4.78, 5) is 53.1. The van der Waals surface area contributed by atoms with Crippen molar-refractivity contribution in [2.24, 2.45) is 0 Å². The van der Waals surface area contributed by atoms with Gasteiger partial charge in [0.25, 0.3) is 11.4 Å². The summed E-state index contributed by atoms with van der Waals surface area (Å²) in [6.45, 7) is 0. The van der Waals surface area contributed by atoms with Gasteiger partial charge in [-0.1, -0.05) is 18.2 Å². The number of rotatable bonds is 7. The summed E-state index contributed by atoms with van der Waals surface area (Å²) in [5.41, 5.74) is 9.33. The van der Waals surface area contributed by atoms with E-state index in [1.165, 1.54) is 33.5 Å². The minimum atomic E-state index is -0.570. The van der Waals surface area contributed by atoms with Gasteiger partial charge < -0.3 is 29.1 Å². The number of methoxy groups -OCH3 is 3. The number of esters is 3. The van der Waals surface area contributed by atoms with Crippen LogP contribution in [0.2, 0.25) is 0 Å². The Bertz CT molecular complexity index is 2090. The zero-order valence-electron chi connectivity index (χ0n) is 28.7. The first-order valence-corrected chi connectivity index (χ1v) is 15.4. The number of carbonyl (C=O) groups excluding carboxylic acids is 3. The third-order valence-corrected chi connectivity index (χ3v) is 7.05. The minimum Gasteiger partial charge on any atom is -0.466 e. The van der Waals surface area contributed by atoms with Gasteiger partial charge in [-0.3, -0.25) is 20.2 Å². The third kappa shape index (κ3) is 11.6. The van der Waals surface area contributed by atoms with Crippen LogP contribution in [0.3, 0.4) is 0 Å². The van der Waals surface area contributed by atoms with Gasteiger partial charge >= 0.3 is 17.9 Å². The summed E-state index contributed by atoms with van der Waals surface area (Å²) in [6.07, 6.45) is 9.75. The number of anilines is 1. The van der Waals surface area contributed by atoms with Crippen LogP contribution in [0.5, 0.6) is 0 Å². The second-order valence-corrected chi connectivity index (χ2v) is 10.4. The average Bonchev–Trinajstić information content (AvgIpc) is 3.98. The van der Waals surface area contributed by atoms with E-state index >= 15 is 0 Å². The number of carbonyl (C=O) groups is 3. The molecule has 0 amide bonds. The van der Waals surface area contributed by atoms with Crippen molar-refractivity contribution < 1.29 is 42.8 Å². The van der Waals surface area contributed by atoms with Crippen LogP contribution in [0.4, 0.5) is 21.5 Å². The maximum absolute atomic E-state index is 12.1. The summed E-state index contributed by atoms with van der Waals surface area (Å²) >= 11 is 0. The summed E-state index contributed by atoms with van der Waals surface area (Å²) in [7, 11) is 4.06. The van der Waals surface area contributed by atoms with Gasteiger partial charge in [0, 0.05) is 59.3 Å². The van der Waals surface area contributed by atoms with E-state index in [0.717, 1.165) is 35.5 Å². The lowest BCUT2D eigenvalue weighted by Crippen LogP contribution is -2.08. The van der Waals surface area contributed by atoms with E-state index in [1.54, 1.807) is 76.1 Å². The molecule has 15 nitrogen and oxygen atoms in total. The fraction of sp³-hybridized carbons (Fsp3) is 0.108. The highest BCUT2D eigenvalue weighted by Gasteiger charge is 2.14. The fourth-order valence-electron chi connectivity index (χ4n) is 4.42. The number of non-ortho nitro benzene ring substituents is 2. The molecular weight excluding hydrogens is 693 g/mol. The number of nitrogens with two attached hydrogens (primary N) is 1. The van der Waals surface area contributed by atoms with Gasteiger partial charge in [0.05, 0.1) is 31.2 Å². The van der Waals surface area contributed by atoms with Gasteiger partial charge in [-0.15, -0.1) is 0 Å². The number of ether oxygens (including phenoxy) is 3. The Morgan fingerprint density at radius 1 is 0.660 bits per heavy atom. The number of nitrogens with zero attached hydrogens (tertiary/aromatic N) is 4. The molecule has 0 saturated carbocycles. The van der Waals surface area contributed by atoms with E-state index in [1.807, 2.05) is 24.3 Å². The van der Waals surface area contributed by atoms with Crippen molar-refractivity contribution in [3.63, 3.8) is 0 Å². The van der Waals surface area contributed by atoms with Crippen LogP contribution >= 0.6 is 0 Å². The molecule has 0 atom stereocenters. The molecule has 0 aliphatic heterocycles. The maximum Gasteiger partial charge on any atom is 0.355 e. The largest absolute Gasteiger partial charge is 0.466 e. The molecule has 2 heterocycles. The number of hydrogen-bond donors (Lipinski definition) is 1. The van der Waals surface area contributed by atoms with Crippen LogP contribution in [-0.4, -0.2) is 58.2 Å². The van der Waals surface area contributed by atoms with Gasteiger partial charge in [-0.05, 0) is 79.2 Å². The maximum atomic E-state index is 12.1. The number of nitro benzene ring substituents is 2. The molecule has 0 fully saturated rings. The normalized spacial score (nSPS) is 10.8. The molecular formula is C37H34FN5O10. The fourth-order valence-corrected chi connectivity index (χ4v) is 4.42. The Balaban J connectivity index is 0.000000198. The molecule has 16 heteroatoms. The number of benzene rings is 3. The van der Waals surface area contributed by atoms with Crippen molar-refractivity contribution in [1.29, 1.82) is 0 Å². The molecule has 53 heavy (non-hydrogen) atoms. The van der Waals surface area contributed by atoms with E-state index in [4.69, 9.17) is 10.5 Å². The molecule has 1 aliphatic carbocycles. The molecule has 2 N–H and O–H groups in total. The Hall–Kier alpha value is -7.36. The van der Waals surface area contributed by atoms with E-state index in [9.17, 15) is 39.0 Å². The Labute approximate surface area is 302 Å². The van der Waals surface area contributed by atoms with Crippen molar-refractivity contribution in [3.05, 3.63) is 171 Å². The Morgan fingerprint density at radius 3 is 1.45 bits per heavy atom. The first-order valence-electron chi connectivity index (χ1n) is 15.4. The lowest BCUT2D eigenvalue weighted by atomic mass is 10.2. The standard InChI is InChI=1S/C12H10N2O4.C12H12N2O2.C7H8O2.C6H4FNO2/c1-18-12(15)11-3-2-8-13(11)9-4-6-10(7-5-9)14(16)17;1-16-12(15)11-3-2-8-14(11)10-6-4-9(13)5-7-10;1-9-7(8)6-4-2-3-5-6;7-5-1-3-6(4-2-5)8(9)10/h2-8H,1H3;2-8H,13H2,1H3;2-4H,5H2,1H3;1-4H. The highest BCUT2D eigenvalue weighted by atomic mass is 19.1. The van der Waals surface area contributed by atoms with Gasteiger partial charge in [0.15, 0.2) is 0 Å². The number of hydrogen-bond acceptors (Lipinski definition) is 11. The smallest absolute Gasteiger partial charge is 0.355 e. The summed E-state index contributed by atoms with van der Waals surface area (Å²) < 4.78 is 29.3. The highest BCUT2D eigenvalue weighted by molar-refractivity contribution is 5.90. The predicted octanol–water partition coefficient (Wildman–Crippen LogP) is 6.80. The number of aromatic nitrogens is 2. The molecule has 6 rings (SSSR count).